The van der Waals surface area contributed by atoms with E-state index in [1.807, 2.05) is 6.92 Å². The zero-order chi connectivity index (χ0) is 19.9. The molecular weight excluding hydrogens is 382 g/mol. The predicted octanol–water partition coefficient (Wildman–Crippen LogP) is 3.67. The fraction of sp³-hybridized carbons (Fsp3) is 0.474. The van der Waals surface area contributed by atoms with Gasteiger partial charge in [-0.15, -0.1) is 11.3 Å². The third kappa shape index (κ3) is 6.32. The Bertz CT molecular complexity index is 806. The average Bonchev–Trinajstić information content (AvgIpc) is 3.14. The van der Waals surface area contributed by atoms with Crippen molar-refractivity contribution in [1.29, 1.82) is 0 Å². The molecule has 148 valence electrons. The molecule has 8 heteroatoms. The van der Waals surface area contributed by atoms with Crippen LogP contribution in [0.25, 0.3) is 0 Å². The number of rotatable bonds is 10. The first kappa shape index (κ1) is 21.4. The van der Waals surface area contributed by atoms with Crippen molar-refractivity contribution in [2.75, 3.05) is 10.8 Å². The van der Waals surface area contributed by atoms with Gasteiger partial charge in [-0.2, -0.15) is 0 Å². The lowest BCUT2D eigenvalue weighted by molar-refractivity contribution is -0.120. The summed E-state index contributed by atoms with van der Waals surface area (Å²) in [6.07, 6.45) is 4.53. The molecule has 0 unspecified atom stereocenters. The fourth-order valence-corrected chi connectivity index (χ4v) is 4.94. The lowest BCUT2D eigenvalue weighted by atomic mass is 10.0. The quantitative estimate of drug-likeness (QED) is 0.649. The van der Waals surface area contributed by atoms with Crippen molar-refractivity contribution in [2.45, 2.75) is 51.0 Å². The summed E-state index contributed by atoms with van der Waals surface area (Å²) < 4.78 is 27.1. The summed E-state index contributed by atoms with van der Waals surface area (Å²) in [5.41, 5.74) is 0. The van der Waals surface area contributed by atoms with Crippen LogP contribution < -0.4 is 9.62 Å². The first-order valence-corrected chi connectivity index (χ1v) is 11.4. The summed E-state index contributed by atoms with van der Waals surface area (Å²) in [5.74, 6) is 0.297. The molecule has 0 saturated carbocycles. The van der Waals surface area contributed by atoms with Crippen LogP contribution in [-0.2, 0) is 14.8 Å². The second-order valence-corrected chi connectivity index (χ2v) is 9.67. The normalized spacial score (nSPS) is 12.7. The van der Waals surface area contributed by atoms with Gasteiger partial charge in [0.15, 0.2) is 5.13 Å². The van der Waals surface area contributed by atoms with Crippen molar-refractivity contribution in [3.63, 3.8) is 0 Å². The number of amides is 1. The molecule has 0 spiro atoms. The van der Waals surface area contributed by atoms with Crippen LogP contribution in [0.4, 0.5) is 5.13 Å². The Morgan fingerprint density at radius 1 is 1.19 bits per heavy atom. The maximum absolute atomic E-state index is 13.0. The Morgan fingerprint density at radius 2 is 1.89 bits per heavy atom. The number of benzene rings is 1. The van der Waals surface area contributed by atoms with Crippen molar-refractivity contribution < 1.29 is 13.2 Å². The number of carbonyl (C=O) groups is 1. The van der Waals surface area contributed by atoms with E-state index in [-0.39, 0.29) is 28.5 Å². The van der Waals surface area contributed by atoms with Gasteiger partial charge in [0.05, 0.1) is 4.90 Å². The molecule has 1 aromatic carbocycles. The van der Waals surface area contributed by atoms with E-state index in [4.69, 9.17) is 0 Å². The Hall–Kier alpha value is -1.93. The minimum atomic E-state index is -3.86. The van der Waals surface area contributed by atoms with Gasteiger partial charge in [0.1, 0.15) is 6.54 Å². The molecule has 1 aromatic heterocycles. The number of anilines is 1. The molecule has 0 radical (unpaired) electrons. The van der Waals surface area contributed by atoms with Gasteiger partial charge in [-0.05, 0) is 31.4 Å². The molecule has 1 N–H and O–H groups in total. The Labute approximate surface area is 165 Å². The minimum Gasteiger partial charge on any atom is -0.352 e. The van der Waals surface area contributed by atoms with Crippen molar-refractivity contribution >= 4 is 32.4 Å². The summed E-state index contributed by atoms with van der Waals surface area (Å²) >= 11 is 1.19. The molecule has 27 heavy (non-hydrogen) atoms. The van der Waals surface area contributed by atoms with E-state index in [9.17, 15) is 13.2 Å². The highest BCUT2D eigenvalue weighted by Gasteiger charge is 2.29. The molecule has 1 atom stereocenters. The van der Waals surface area contributed by atoms with Crippen LogP contribution in [0.15, 0.2) is 46.8 Å². The highest BCUT2D eigenvalue weighted by molar-refractivity contribution is 7.93. The lowest BCUT2D eigenvalue weighted by Crippen LogP contribution is -2.43. The van der Waals surface area contributed by atoms with E-state index >= 15 is 0 Å². The van der Waals surface area contributed by atoms with Crippen LogP contribution in [0.3, 0.4) is 0 Å². The fourth-order valence-electron chi connectivity index (χ4n) is 2.67. The number of hydrogen-bond acceptors (Lipinski definition) is 5. The molecule has 0 saturated heterocycles. The molecule has 0 aliphatic heterocycles. The van der Waals surface area contributed by atoms with Gasteiger partial charge in [-0.1, -0.05) is 44.9 Å². The van der Waals surface area contributed by atoms with E-state index in [1.165, 1.54) is 29.7 Å². The van der Waals surface area contributed by atoms with Crippen molar-refractivity contribution in [3.05, 3.63) is 41.9 Å². The number of carbonyl (C=O) groups excluding carboxylic acids is 1. The van der Waals surface area contributed by atoms with Crippen LogP contribution in [0.1, 0.15) is 40.0 Å². The average molecular weight is 410 g/mol. The first-order chi connectivity index (χ1) is 12.8. The first-order valence-electron chi connectivity index (χ1n) is 9.07. The highest BCUT2D eigenvalue weighted by atomic mass is 32.2. The number of hydrogen-bond donors (Lipinski definition) is 1. The van der Waals surface area contributed by atoms with Gasteiger partial charge in [-0.3, -0.25) is 4.79 Å². The van der Waals surface area contributed by atoms with E-state index in [0.29, 0.717) is 5.92 Å². The van der Waals surface area contributed by atoms with Crippen molar-refractivity contribution in [3.8, 4) is 0 Å². The molecule has 1 heterocycles. The topological polar surface area (TPSA) is 79.4 Å². The Balaban J connectivity index is 2.09. The molecule has 0 aliphatic rings. The maximum atomic E-state index is 13.0. The maximum Gasteiger partial charge on any atom is 0.266 e. The van der Waals surface area contributed by atoms with Crippen LogP contribution in [0.5, 0.6) is 0 Å². The second-order valence-electron chi connectivity index (χ2n) is 6.93. The van der Waals surface area contributed by atoms with Crippen LogP contribution in [-0.4, -0.2) is 31.9 Å². The SMILES string of the molecule is CC(C)CCC[C@@H](C)NC(=O)CN(c1nccs1)S(=O)(=O)c1ccccc1. The molecule has 2 aromatic rings. The molecule has 0 fully saturated rings. The van der Waals surface area contributed by atoms with Gasteiger partial charge >= 0.3 is 0 Å². The van der Waals surface area contributed by atoms with Crippen molar-refractivity contribution in [1.82, 2.24) is 10.3 Å². The number of nitrogens with zero attached hydrogens (tertiary/aromatic N) is 2. The standard InChI is InChI=1S/C19H27N3O3S2/c1-15(2)8-7-9-16(3)21-18(23)14-22(19-20-12-13-26-19)27(24,25)17-10-5-4-6-11-17/h4-6,10-13,15-16H,7-9,14H2,1-3H3,(H,21,23)/t16-/m1/s1. The van der Waals surface area contributed by atoms with Crippen LogP contribution >= 0.6 is 11.3 Å². The van der Waals surface area contributed by atoms with E-state index in [2.05, 4.69) is 24.1 Å². The zero-order valence-corrected chi connectivity index (χ0v) is 17.6. The summed E-state index contributed by atoms with van der Waals surface area (Å²) in [6.45, 7) is 5.99. The smallest absolute Gasteiger partial charge is 0.266 e. The van der Waals surface area contributed by atoms with Gasteiger partial charge in [0, 0.05) is 17.6 Å². The van der Waals surface area contributed by atoms with Gasteiger partial charge in [-0.25, -0.2) is 17.7 Å². The molecule has 0 bridgehead atoms. The molecule has 0 aliphatic carbocycles. The lowest BCUT2D eigenvalue weighted by Gasteiger charge is -2.22. The van der Waals surface area contributed by atoms with E-state index in [1.54, 1.807) is 23.6 Å². The minimum absolute atomic E-state index is 0.00572. The molecular formula is C19H27N3O3S2. The molecule has 2 rings (SSSR count). The molecule has 6 nitrogen and oxygen atoms in total. The number of aromatic nitrogens is 1. The summed E-state index contributed by atoms with van der Waals surface area (Å²) in [4.78, 5) is 16.7. The van der Waals surface area contributed by atoms with Gasteiger partial charge in [0.2, 0.25) is 5.91 Å². The third-order valence-electron chi connectivity index (χ3n) is 4.08. The van der Waals surface area contributed by atoms with Gasteiger partial charge in [0.25, 0.3) is 10.0 Å². The number of thiazole rings is 1. The van der Waals surface area contributed by atoms with Crippen molar-refractivity contribution in [2.24, 2.45) is 5.92 Å². The summed E-state index contributed by atoms with van der Waals surface area (Å²) in [7, 11) is -3.86. The van der Waals surface area contributed by atoms with E-state index < -0.39 is 10.0 Å². The molecule has 1 amide bonds. The monoisotopic (exact) mass is 409 g/mol. The summed E-state index contributed by atoms with van der Waals surface area (Å²) in [6, 6.07) is 8.09. The zero-order valence-electron chi connectivity index (χ0n) is 16.0. The van der Waals surface area contributed by atoms with Crippen LogP contribution in [0, 0.1) is 5.92 Å². The number of nitrogens with one attached hydrogen (secondary N) is 1. The predicted molar refractivity (Wildman–Crippen MR) is 109 cm³/mol. The highest BCUT2D eigenvalue weighted by Crippen LogP contribution is 2.25. The summed E-state index contributed by atoms with van der Waals surface area (Å²) in [5, 5.41) is 4.87. The van der Waals surface area contributed by atoms with Crippen LogP contribution in [0.2, 0.25) is 0 Å². The van der Waals surface area contributed by atoms with E-state index in [0.717, 1.165) is 23.6 Å². The second kappa shape index (κ2) is 9.85. The number of sulfonamides is 1. The Morgan fingerprint density at radius 3 is 2.48 bits per heavy atom. The Kier molecular flexibility index (Phi) is 7.79. The third-order valence-corrected chi connectivity index (χ3v) is 6.74. The largest absolute Gasteiger partial charge is 0.352 e. The van der Waals surface area contributed by atoms with Gasteiger partial charge < -0.3 is 5.32 Å².